The van der Waals surface area contributed by atoms with Crippen LogP contribution in [0.2, 0.25) is 0 Å². The summed E-state index contributed by atoms with van der Waals surface area (Å²) in [5, 5.41) is 10.6. The van der Waals surface area contributed by atoms with Crippen molar-refractivity contribution in [3.05, 3.63) is 34.4 Å². The fourth-order valence-electron chi connectivity index (χ4n) is 1.85. The molecule has 7 heteroatoms. The van der Waals surface area contributed by atoms with Crippen molar-refractivity contribution in [1.82, 2.24) is 0 Å². The van der Waals surface area contributed by atoms with Crippen molar-refractivity contribution >= 4 is 17.6 Å². The van der Waals surface area contributed by atoms with Crippen LogP contribution in [0.1, 0.15) is 45.4 Å². The first-order chi connectivity index (χ1) is 11.0. The molecule has 0 saturated carbocycles. The van der Waals surface area contributed by atoms with Gasteiger partial charge in [0.25, 0.3) is 5.69 Å². The number of hydrogen-bond acceptors (Lipinski definition) is 6. The Morgan fingerprint density at radius 2 is 1.83 bits per heavy atom. The van der Waals surface area contributed by atoms with Crippen molar-refractivity contribution in [2.24, 2.45) is 0 Å². The molecule has 1 aromatic carbocycles. The van der Waals surface area contributed by atoms with E-state index in [1.165, 1.54) is 24.3 Å². The maximum Gasteiger partial charge on any atom is 0.311 e. The highest BCUT2D eigenvalue weighted by atomic mass is 16.6. The molecule has 0 heterocycles. The zero-order chi connectivity index (χ0) is 17.1. The van der Waals surface area contributed by atoms with E-state index in [-0.39, 0.29) is 23.8 Å². The lowest BCUT2D eigenvalue weighted by molar-refractivity contribution is -0.384. The Balaban J connectivity index is 2.21. The summed E-state index contributed by atoms with van der Waals surface area (Å²) in [4.78, 5) is 33.0. The third kappa shape index (κ3) is 7.94. The summed E-state index contributed by atoms with van der Waals surface area (Å²) in [6.45, 7) is 2.37. The Morgan fingerprint density at radius 3 is 2.48 bits per heavy atom. The second-order valence-electron chi connectivity index (χ2n) is 5.01. The molecule has 0 bridgehead atoms. The van der Waals surface area contributed by atoms with E-state index >= 15 is 0 Å². The van der Waals surface area contributed by atoms with Gasteiger partial charge in [0, 0.05) is 18.9 Å². The SMILES string of the molecule is CCCOC(=O)CCCCCC(=O)Oc1cccc([N+](=O)[O-])c1. The molecule has 7 nitrogen and oxygen atoms in total. The Hall–Kier alpha value is -2.44. The van der Waals surface area contributed by atoms with Crippen LogP contribution in [0.4, 0.5) is 5.69 Å². The van der Waals surface area contributed by atoms with Gasteiger partial charge in [-0.2, -0.15) is 0 Å². The summed E-state index contributed by atoms with van der Waals surface area (Å²) in [5.41, 5.74) is -0.124. The molecule has 0 amide bonds. The van der Waals surface area contributed by atoms with Crippen molar-refractivity contribution in [3.8, 4) is 5.75 Å². The third-order valence-electron chi connectivity index (χ3n) is 2.99. The number of hydrogen-bond donors (Lipinski definition) is 0. The fraction of sp³-hybridized carbons (Fsp3) is 0.500. The number of ether oxygens (including phenoxy) is 2. The summed E-state index contributed by atoms with van der Waals surface area (Å²) in [6.07, 6.45) is 3.31. The molecule has 0 aliphatic rings. The van der Waals surface area contributed by atoms with E-state index in [1.54, 1.807) is 0 Å². The highest BCUT2D eigenvalue weighted by Crippen LogP contribution is 2.19. The largest absolute Gasteiger partial charge is 0.466 e. The molecule has 23 heavy (non-hydrogen) atoms. The van der Waals surface area contributed by atoms with E-state index in [0.717, 1.165) is 6.42 Å². The van der Waals surface area contributed by atoms with Crippen LogP contribution in [0.15, 0.2) is 24.3 Å². The van der Waals surface area contributed by atoms with Crippen LogP contribution >= 0.6 is 0 Å². The zero-order valence-electron chi connectivity index (χ0n) is 13.2. The van der Waals surface area contributed by atoms with Gasteiger partial charge in [0.15, 0.2) is 0 Å². The van der Waals surface area contributed by atoms with E-state index in [4.69, 9.17) is 9.47 Å². The van der Waals surface area contributed by atoms with E-state index in [9.17, 15) is 19.7 Å². The second-order valence-corrected chi connectivity index (χ2v) is 5.01. The number of unbranched alkanes of at least 4 members (excludes halogenated alkanes) is 2. The van der Waals surface area contributed by atoms with Crippen molar-refractivity contribution in [2.45, 2.75) is 45.4 Å². The molecule has 126 valence electrons. The number of carbonyl (C=O) groups excluding carboxylic acids is 2. The molecule has 0 fully saturated rings. The number of non-ortho nitro benzene ring substituents is 1. The Labute approximate surface area is 134 Å². The molecule has 0 aliphatic heterocycles. The Bertz CT molecular complexity index is 543. The molecular weight excluding hydrogens is 302 g/mol. The summed E-state index contributed by atoms with van der Waals surface area (Å²) in [5.74, 6) is -0.502. The normalized spacial score (nSPS) is 10.1. The molecule has 0 radical (unpaired) electrons. The van der Waals surface area contributed by atoms with Gasteiger partial charge in [0.1, 0.15) is 5.75 Å². The molecule has 1 aromatic rings. The standard InChI is InChI=1S/C16H21NO6/c1-2-11-22-15(18)9-4-3-5-10-16(19)23-14-8-6-7-13(12-14)17(20)21/h6-8,12H,2-5,9-11H2,1H3. The lowest BCUT2D eigenvalue weighted by Crippen LogP contribution is -2.08. The summed E-state index contributed by atoms with van der Waals surface area (Å²) < 4.78 is 9.99. The predicted octanol–water partition coefficient (Wildman–Crippen LogP) is 3.40. The third-order valence-corrected chi connectivity index (χ3v) is 2.99. The van der Waals surface area contributed by atoms with Gasteiger partial charge in [-0.15, -0.1) is 0 Å². The van der Waals surface area contributed by atoms with Crippen molar-refractivity contribution in [1.29, 1.82) is 0 Å². The van der Waals surface area contributed by atoms with Crippen molar-refractivity contribution in [3.63, 3.8) is 0 Å². The van der Waals surface area contributed by atoms with Crippen LogP contribution in [0, 0.1) is 10.1 Å². The van der Waals surface area contributed by atoms with Crippen LogP contribution in [-0.4, -0.2) is 23.5 Å². The maximum atomic E-state index is 11.6. The molecule has 0 unspecified atom stereocenters. The number of nitro groups is 1. The minimum Gasteiger partial charge on any atom is -0.466 e. The number of benzene rings is 1. The number of esters is 2. The van der Waals surface area contributed by atoms with Crippen LogP contribution in [0.25, 0.3) is 0 Å². The van der Waals surface area contributed by atoms with E-state index in [2.05, 4.69) is 0 Å². The predicted molar refractivity (Wildman–Crippen MR) is 83.1 cm³/mol. The molecule has 0 atom stereocenters. The van der Waals surface area contributed by atoms with Crippen LogP contribution < -0.4 is 4.74 Å². The average Bonchev–Trinajstić information content (AvgIpc) is 2.52. The highest BCUT2D eigenvalue weighted by molar-refractivity contribution is 5.72. The number of nitro benzene ring substituents is 1. The van der Waals surface area contributed by atoms with Gasteiger partial charge in [-0.25, -0.2) is 0 Å². The van der Waals surface area contributed by atoms with Gasteiger partial charge < -0.3 is 9.47 Å². The van der Waals surface area contributed by atoms with E-state index < -0.39 is 10.9 Å². The first-order valence-electron chi connectivity index (χ1n) is 7.63. The van der Waals surface area contributed by atoms with Gasteiger partial charge >= 0.3 is 11.9 Å². The average molecular weight is 323 g/mol. The van der Waals surface area contributed by atoms with E-state index in [0.29, 0.717) is 32.3 Å². The Morgan fingerprint density at radius 1 is 1.13 bits per heavy atom. The molecular formula is C16H21NO6. The Kier molecular flexibility index (Phi) is 8.34. The quantitative estimate of drug-likeness (QED) is 0.215. The molecule has 0 aromatic heterocycles. The van der Waals surface area contributed by atoms with Gasteiger partial charge in [-0.05, 0) is 25.3 Å². The summed E-state index contributed by atoms with van der Waals surface area (Å²) >= 11 is 0. The van der Waals surface area contributed by atoms with Crippen molar-refractivity contribution < 1.29 is 24.0 Å². The minimum absolute atomic E-state index is 0.124. The molecule has 0 saturated heterocycles. The van der Waals surface area contributed by atoms with Gasteiger partial charge in [0.2, 0.25) is 0 Å². The lowest BCUT2D eigenvalue weighted by Gasteiger charge is -2.05. The monoisotopic (exact) mass is 323 g/mol. The molecule has 0 N–H and O–H groups in total. The number of rotatable bonds is 10. The first-order valence-corrected chi connectivity index (χ1v) is 7.63. The maximum absolute atomic E-state index is 11.6. The van der Waals surface area contributed by atoms with Crippen molar-refractivity contribution in [2.75, 3.05) is 6.61 Å². The van der Waals surface area contributed by atoms with E-state index in [1.807, 2.05) is 6.92 Å². The topological polar surface area (TPSA) is 95.7 Å². The zero-order valence-corrected chi connectivity index (χ0v) is 13.2. The molecule has 0 spiro atoms. The van der Waals surface area contributed by atoms with Gasteiger partial charge in [0.05, 0.1) is 17.6 Å². The lowest BCUT2D eigenvalue weighted by atomic mass is 10.1. The van der Waals surface area contributed by atoms with Gasteiger partial charge in [-0.3, -0.25) is 19.7 Å². The molecule has 0 aliphatic carbocycles. The van der Waals surface area contributed by atoms with Gasteiger partial charge in [-0.1, -0.05) is 19.4 Å². The second kappa shape index (κ2) is 10.3. The van der Waals surface area contributed by atoms with Crippen LogP contribution in [-0.2, 0) is 14.3 Å². The first kappa shape index (κ1) is 18.6. The fourth-order valence-corrected chi connectivity index (χ4v) is 1.85. The van der Waals surface area contributed by atoms with Crippen LogP contribution in [0.3, 0.4) is 0 Å². The summed E-state index contributed by atoms with van der Waals surface area (Å²) in [6, 6.07) is 5.49. The molecule has 1 rings (SSSR count). The number of carbonyl (C=O) groups is 2. The van der Waals surface area contributed by atoms with Crippen LogP contribution in [0.5, 0.6) is 5.75 Å². The minimum atomic E-state index is -0.547. The number of nitrogens with zero attached hydrogens (tertiary/aromatic N) is 1. The summed E-state index contributed by atoms with van der Waals surface area (Å²) in [7, 11) is 0. The smallest absolute Gasteiger partial charge is 0.311 e. The highest BCUT2D eigenvalue weighted by Gasteiger charge is 2.10.